The molecule has 0 unspecified atom stereocenters. The van der Waals surface area contributed by atoms with Crippen molar-refractivity contribution < 1.29 is 24.2 Å². The fraction of sp³-hybridized carbons (Fsp3) is 0.0741. The molecule has 0 bridgehead atoms. The second kappa shape index (κ2) is 8.37. The van der Waals surface area contributed by atoms with E-state index in [1.54, 1.807) is 66.7 Å². The summed E-state index contributed by atoms with van der Waals surface area (Å²) >= 11 is 0. The van der Waals surface area contributed by atoms with Crippen molar-refractivity contribution in [2.75, 3.05) is 6.79 Å². The molecular formula is C27H19NO6. The van der Waals surface area contributed by atoms with Crippen molar-refractivity contribution in [1.82, 2.24) is 4.57 Å². The summed E-state index contributed by atoms with van der Waals surface area (Å²) in [5.41, 5.74) is 0.0707. The van der Waals surface area contributed by atoms with Gasteiger partial charge in [0.15, 0.2) is 17.3 Å². The van der Waals surface area contributed by atoms with Crippen LogP contribution in [0.15, 0.2) is 83.2 Å². The number of rotatable bonds is 5. The van der Waals surface area contributed by atoms with Gasteiger partial charge in [0.1, 0.15) is 11.3 Å². The summed E-state index contributed by atoms with van der Waals surface area (Å²) < 4.78 is 12.0. The largest absolute Gasteiger partial charge is 0.506 e. The van der Waals surface area contributed by atoms with Gasteiger partial charge in [-0.2, -0.15) is 0 Å². The summed E-state index contributed by atoms with van der Waals surface area (Å²) in [6.07, 6.45) is 1.38. The first-order chi connectivity index (χ1) is 16.5. The number of allylic oxidation sites excluding steroid dienone is 1. The van der Waals surface area contributed by atoms with Gasteiger partial charge >= 0.3 is 0 Å². The number of ether oxygens (including phenoxy) is 2. The Labute approximate surface area is 194 Å². The molecule has 0 atom stereocenters. The highest BCUT2D eigenvalue weighted by molar-refractivity contribution is 6.29. The fourth-order valence-electron chi connectivity index (χ4n) is 4.00. The summed E-state index contributed by atoms with van der Waals surface area (Å²) in [6, 6.07) is 20.5. The van der Waals surface area contributed by atoms with Crippen molar-refractivity contribution in [2.45, 2.75) is 6.92 Å². The zero-order valence-electron chi connectivity index (χ0n) is 18.1. The van der Waals surface area contributed by atoms with Gasteiger partial charge in [-0.3, -0.25) is 19.0 Å². The van der Waals surface area contributed by atoms with E-state index in [9.17, 15) is 19.5 Å². The van der Waals surface area contributed by atoms with Crippen molar-refractivity contribution in [3.05, 3.63) is 99.9 Å². The number of aromatic nitrogens is 1. The van der Waals surface area contributed by atoms with Crippen molar-refractivity contribution in [3.63, 3.8) is 0 Å². The highest BCUT2D eigenvalue weighted by atomic mass is 16.7. The van der Waals surface area contributed by atoms with E-state index in [1.807, 2.05) is 6.07 Å². The quantitative estimate of drug-likeness (QED) is 0.210. The van der Waals surface area contributed by atoms with Gasteiger partial charge in [0.05, 0.1) is 11.1 Å². The Morgan fingerprint density at radius 3 is 2.41 bits per heavy atom. The molecule has 0 saturated carbocycles. The minimum absolute atomic E-state index is 0.0883. The summed E-state index contributed by atoms with van der Waals surface area (Å²) in [5, 5.41) is 11.3. The van der Waals surface area contributed by atoms with Crippen molar-refractivity contribution in [2.24, 2.45) is 0 Å². The summed E-state index contributed by atoms with van der Waals surface area (Å²) in [4.78, 5) is 39.7. The maximum absolute atomic E-state index is 13.6. The number of pyridine rings is 1. The Morgan fingerprint density at radius 2 is 1.65 bits per heavy atom. The van der Waals surface area contributed by atoms with Crippen LogP contribution >= 0.6 is 0 Å². The number of hydrogen-bond donors (Lipinski definition) is 1. The third-order valence-corrected chi connectivity index (χ3v) is 5.63. The molecule has 7 heteroatoms. The molecule has 5 rings (SSSR count). The highest BCUT2D eigenvalue weighted by Gasteiger charge is 2.27. The molecule has 0 radical (unpaired) electrons. The van der Waals surface area contributed by atoms with Gasteiger partial charge in [-0.15, -0.1) is 0 Å². The predicted molar refractivity (Wildman–Crippen MR) is 127 cm³/mol. The molecular weight excluding hydrogens is 434 g/mol. The normalized spacial score (nSPS) is 12.7. The summed E-state index contributed by atoms with van der Waals surface area (Å²) in [6.45, 7) is 1.33. The molecule has 2 heterocycles. The van der Waals surface area contributed by atoms with E-state index in [2.05, 4.69) is 0 Å². The number of ketones is 2. The Kier molecular flexibility index (Phi) is 5.22. The molecule has 0 aliphatic carbocycles. The van der Waals surface area contributed by atoms with Crippen LogP contribution in [0, 0.1) is 0 Å². The van der Waals surface area contributed by atoms with E-state index in [-0.39, 0.29) is 12.4 Å². The van der Waals surface area contributed by atoms with Crippen LogP contribution < -0.4 is 15.0 Å². The summed E-state index contributed by atoms with van der Waals surface area (Å²) in [5.74, 6) is -0.811. The lowest BCUT2D eigenvalue weighted by atomic mass is 9.96. The molecule has 168 valence electrons. The zero-order valence-corrected chi connectivity index (χ0v) is 18.1. The van der Waals surface area contributed by atoms with Gasteiger partial charge in [0.2, 0.25) is 12.6 Å². The van der Waals surface area contributed by atoms with E-state index in [1.165, 1.54) is 17.6 Å². The van der Waals surface area contributed by atoms with Crippen molar-refractivity contribution in [3.8, 4) is 22.9 Å². The van der Waals surface area contributed by atoms with Crippen LogP contribution in [0.25, 0.3) is 22.7 Å². The first-order valence-corrected chi connectivity index (χ1v) is 10.5. The Morgan fingerprint density at radius 1 is 0.941 bits per heavy atom. The lowest BCUT2D eigenvalue weighted by Crippen LogP contribution is -2.27. The number of aromatic hydroxyl groups is 1. The Balaban J connectivity index is 1.72. The van der Waals surface area contributed by atoms with Crippen LogP contribution in [0.3, 0.4) is 0 Å². The number of carbonyl (C=O) groups is 2. The number of benzene rings is 3. The molecule has 0 fully saturated rings. The van der Waals surface area contributed by atoms with Gasteiger partial charge in [0, 0.05) is 11.1 Å². The molecule has 7 nitrogen and oxygen atoms in total. The van der Waals surface area contributed by atoms with E-state index in [0.29, 0.717) is 33.7 Å². The molecule has 0 saturated heterocycles. The Bertz CT molecular complexity index is 1550. The molecule has 0 spiro atoms. The second-order valence-corrected chi connectivity index (χ2v) is 7.77. The fourth-order valence-corrected chi connectivity index (χ4v) is 4.00. The zero-order chi connectivity index (χ0) is 23.8. The minimum Gasteiger partial charge on any atom is -0.506 e. The standard InChI is InChI=1S/C27H19NO6/c1-16(29)20(13-17-11-12-22-23(14-17)34-15-33-22)26(31)24-25(30)19-9-5-6-10-21(19)28(27(24)32)18-7-3-2-4-8-18/h2-14,30H,15H2,1H3/b20-13+. The predicted octanol–water partition coefficient (Wildman–Crippen LogP) is 4.28. The number of fused-ring (bicyclic) bond motifs is 2. The highest BCUT2D eigenvalue weighted by Crippen LogP contribution is 2.34. The first-order valence-electron chi connectivity index (χ1n) is 10.5. The smallest absolute Gasteiger partial charge is 0.270 e. The van der Waals surface area contributed by atoms with Crippen LogP contribution in [-0.2, 0) is 4.79 Å². The van der Waals surface area contributed by atoms with Crippen LogP contribution in [0.5, 0.6) is 17.2 Å². The molecule has 3 aromatic carbocycles. The molecule has 1 aliphatic heterocycles. The van der Waals surface area contributed by atoms with Gasteiger partial charge in [-0.05, 0) is 55.0 Å². The number of carbonyl (C=O) groups excluding carboxylic acids is 2. The maximum Gasteiger partial charge on any atom is 0.270 e. The van der Waals surface area contributed by atoms with Gasteiger partial charge in [0.25, 0.3) is 5.56 Å². The van der Waals surface area contributed by atoms with E-state index >= 15 is 0 Å². The summed E-state index contributed by atoms with van der Waals surface area (Å²) in [7, 11) is 0. The second-order valence-electron chi connectivity index (χ2n) is 7.77. The lowest BCUT2D eigenvalue weighted by Gasteiger charge is -2.15. The number of nitrogens with zero attached hydrogens (tertiary/aromatic N) is 1. The lowest BCUT2D eigenvalue weighted by molar-refractivity contribution is -0.113. The number of para-hydroxylation sites is 2. The number of hydrogen-bond acceptors (Lipinski definition) is 6. The average Bonchev–Trinajstić information content (AvgIpc) is 3.31. The van der Waals surface area contributed by atoms with Crippen molar-refractivity contribution in [1.29, 1.82) is 0 Å². The molecule has 1 aliphatic rings. The van der Waals surface area contributed by atoms with Gasteiger partial charge < -0.3 is 14.6 Å². The SMILES string of the molecule is CC(=O)/C(=C\c1ccc2c(c1)OCO2)C(=O)c1c(O)c2ccccc2n(-c2ccccc2)c1=O. The third-order valence-electron chi connectivity index (χ3n) is 5.63. The first kappa shape index (κ1) is 21.2. The number of Topliss-reactive ketones (excluding diaryl/α,β-unsaturated/α-hetero) is 2. The molecule has 1 aromatic heterocycles. The topological polar surface area (TPSA) is 94.8 Å². The monoisotopic (exact) mass is 453 g/mol. The minimum atomic E-state index is -0.858. The van der Waals surface area contributed by atoms with Gasteiger partial charge in [-0.1, -0.05) is 36.4 Å². The van der Waals surface area contributed by atoms with Gasteiger partial charge in [-0.25, -0.2) is 0 Å². The van der Waals surface area contributed by atoms with E-state index in [4.69, 9.17) is 9.47 Å². The van der Waals surface area contributed by atoms with Crippen LogP contribution in [0.2, 0.25) is 0 Å². The molecule has 4 aromatic rings. The molecule has 0 amide bonds. The third kappa shape index (κ3) is 3.53. The molecule has 34 heavy (non-hydrogen) atoms. The Hall–Kier alpha value is -4.65. The van der Waals surface area contributed by atoms with Crippen LogP contribution in [0.1, 0.15) is 22.8 Å². The van der Waals surface area contributed by atoms with Crippen LogP contribution in [0.4, 0.5) is 0 Å². The maximum atomic E-state index is 13.6. The van der Waals surface area contributed by atoms with Crippen LogP contribution in [-0.4, -0.2) is 28.0 Å². The van der Waals surface area contributed by atoms with E-state index < -0.39 is 28.4 Å². The molecule has 1 N–H and O–H groups in total. The average molecular weight is 453 g/mol. The van der Waals surface area contributed by atoms with E-state index in [0.717, 1.165) is 0 Å². The van der Waals surface area contributed by atoms with Crippen molar-refractivity contribution >= 4 is 28.5 Å².